The number of aromatic nitrogens is 3. The molecule has 0 aliphatic carbocycles. The molecular formula is C12H21N5O. The lowest BCUT2D eigenvalue weighted by molar-refractivity contribution is -0.136. The van der Waals surface area contributed by atoms with Gasteiger partial charge in [-0.05, 0) is 25.7 Å². The standard InChI is InChI=1S/C12H21N5O/c1-9-4-3-5-17(10(9)2)12(18)8-16-7-11(6-13)14-15-16/h7,9-10H,3-6,8,13H2,1-2H3. The van der Waals surface area contributed by atoms with Crippen molar-refractivity contribution in [1.82, 2.24) is 19.9 Å². The van der Waals surface area contributed by atoms with Gasteiger partial charge >= 0.3 is 0 Å². The molecule has 0 radical (unpaired) electrons. The average molecular weight is 251 g/mol. The molecule has 1 aliphatic heterocycles. The Kier molecular flexibility index (Phi) is 3.96. The van der Waals surface area contributed by atoms with E-state index in [2.05, 4.69) is 24.2 Å². The van der Waals surface area contributed by atoms with E-state index in [1.165, 1.54) is 6.42 Å². The van der Waals surface area contributed by atoms with Crippen LogP contribution in [0.15, 0.2) is 6.20 Å². The van der Waals surface area contributed by atoms with Crippen LogP contribution in [0.1, 0.15) is 32.4 Å². The zero-order valence-corrected chi connectivity index (χ0v) is 11.0. The highest BCUT2D eigenvalue weighted by molar-refractivity contribution is 5.76. The Morgan fingerprint density at radius 2 is 2.33 bits per heavy atom. The van der Waals surface area contributed by atoms with Crippen LogP contribution in [-0.2, 0) is 17.9 Å². The third kappa shape index (κ3) is 2.69. The smallest absolute Gasteiger partial charge is 0.244 e. The van der Waals surface area contributed by atoms with Gasteiger partial charge in [0.2, 0.25) is 5.91 Å². The Hall–Kier alpha value is -1.43. The first-order valence-electron chi connectivity index (χ1n) is 6.50. The van der Waals surface area contributed by atoms with Crippen LogP contribution in [0.5, 0.6) is 0 Å². The van der Waals surface area contributed by atoms with Crippen LogP contribution < -0.4 is 5.73 Å². The maximum Gasteiger partial charge on any atom is 0.244 e. The van der Waals surface area contributed by atoms with E-state index in [0.29, 0.717) is 24.2 Å². The molecule has 1 amide bonds. The van der Waals surface area contributed by atoms with Gasteiger partial charge in [0.15, 0.2) is 0 Å². The molecule has 2 atom stereocenters. The monoisotopic (exact) mass is 251 g/mol. The number of hydrogen-bond donors (Lipinski definition) is 1. The van der Waals surface area contributed by atoms with Gasteiger partial charge in [0.25, 0.3) is 0 Å². The zero-order chi connectivity index (χ0) is 13.1. The van der Waals surface area contributed by atoms with Crippen molar-refractivity contribution in [2.24, 2.45) is 11.7 Å². The summed E-state index contributed by atoms with van der Waals surface area (Å²) in [6.45, 7) is 5.78. The molecule has 2 unspecified atom stereocenters. The molecule has 18 heavy (non-hydrogen) atoms. The van der Waals surface area contributed by atoms with E-state index in [4.69, 9.17) is 5.73 Å². The van der Waals surface area contributed by atoms with Gasteiger partial charge in [-0.3, -0.25) is 4.79 Å². The minimum atomic E-state index is 0.113. The fourth-order valence-corrected chi connectivity index (χ4v) is 2.43. The fraction of sp³-hybridized carbons (Fsp3) is 0.750. The minimum absolute atomic E-state index is 0.113. The Bertz CT molecular complexity index is 416. The van der Waals surface area contributed by atoms with Crippen molar-refractivity contribution in [3.8, 4) is 0 Å². The number of rotatable bonds is 3. The lowest BCUT2D eigenvalue weighted by Gasteiger charge is -2.37. The maximum atomic E-state index is 12.2. The molecule has 2 N–H and O–H groups in total. The Labute approximate surface area is 107 Å². The van der Waals surface area contributed by atoms with E-state index in [9.17, 15) is 4.79 Å². The summed E-state index contributed by atoms with van der Waals surface area (Å²) < 4.78 is 1.57. The highest BCUT2D eigenvalue weighted by atomic mass is 16.2. The number of nitrogens with zero attached hydrogens (tertiary/aromatic N) is 4. The van der Waals surface area contributed by atoms with Crippen LogP contribution in [0, 0.1) is 5.92 Å². The largest absolute Gasteiger partial charge is 0.338 e. The van der Waals surface area contributed by atoms with Gasteiger partial charge in [-0.25, -0.2) is 4.68 Å². The van der Waals surface area contributed by atoms with Gasteiger partial charge in [0, 0.05) is 19.1 Å². The Morgan fingerprint density at radius 3 is 3.00 bits per heavy atom. The van der Waals surface area contributed by atoms with E-state index < -0.39 is 0 Å². The molecule has 2 rings (SSSR count). The van der Waals surface area contributed by atoms with Gasteiger partial charge < -0.3 is 10.6 Å². The quantitative estimate of drug-likeness (QED) is 0.842. The van der Waals surface area contributed by atoms with Crippen LogP contribution in [-0.4, -0.2) is 38.4 Å². The summed E-state index contributed by atoms with van der Waals surface area (Å²) in [7, 11) is 0. The zero-order valence-electron chi connectivity index (χ0n) is 11.0. The third-order valence-electron chi connectivity index (χ3n) is 3.79. The molecule has 6 heteroatoms. The SMILES string of the molecule is CC1CCCN(C(=O)Cn2cc(CN)nn2)C1C. The summed E-state index contributed by atoms with van der Waals surface area (Å²) in [6, 6.07) is 0.309. The van der Waals surface area contributed by atoms with Crippen LogP contribution >= 0.6 is 0 Å². The predicted molar refractivity (Wildman–Crippen MR) is 67.5 cm³/mol. The van der Waals surface area contributed by atoms with Gasteiger partial charge in [-0.1, -0.05) is 12.1 Å². The first-order chi connectivity index (χ1) is 8.61. The first kappa shape index (κ1) is 13.0. The summed E-state index contributed by atoms with van der Waals surface area (Å²) in [5.41, 5.74) is 6.18. The second-order valence-electron chi connectivity index (χ2n) is 5.06. The van der Waals surface area contributed by atoms with E-state index in [1.807, 2.05) is 4.90 Å². The van der Waals surface area contributed by atoms with Crippen molar-refractivity contribution in [1.29, 1.82) is 0 Å². The number of nitrogens with two attached hydrogens (primary N) is 1. The molecule has 0 spiro atoms. The average Bonchev–Trinajstić information content (AvgIpc) is 2.80. The van der Waals surface area contributed by atoms with Crippen LogP contribution in [0.25, 0.3) is 0 Å². The highest BCUT2D eigenvalue weighted by Gasteiger charge is 2.28. The van der Waals surface area contributed by atoms with Crippen molar-refractivity contribution in [2.45, 2.75) is 45.8 Å². The summed E-state index contributed by atoms with van der Waals surface area (Å²) in [6.07, 6.45) is 4.02. The second-order valence-corrected chi connectivity index (χ2v) is 5.06. The number of amides is 1. The second kappa shape index (κ2) is 5.48. The van der Waals surface area contributed by atoms with Gasteiger partial charge in [0.05, 0.1) is 11.9 Å². The number of likely N-dealkylation sites (tertiary alicyclic amines) is 1. The molecule has 1 aromatic heterocycles. The van der Waals surface area contributed by atoms with Crippen LogP contribution in [0.3, 0.4) is 0 Å². The van der Waals surface area contributed by atoms with Crippen molar-refractivity contribution < 1.29 is 4.79 Å². The molecule has 0 bridgehead atoms. The number of carbonyl (C=O) groups is 1. The highest BCUT2D eigenvalue weighted by Crippen LogP contribution is 2.22. The van der Waals surface area contributed by atoms with Gasteiger partial charge in [-0.2, -0.15) is 0 Å². The Balaban J connectivity index is 1.98. The molecule has 2 heterocycles. The molecule has 0 saturated carbocycles. The summed E-state index contributed by atoms with van der Waals surface area (Å²) >= 11 is 0. The number of piperidine rings is 1. The van der Waals surface area contributed by atoms with E-state index in [1.54, 1.807) is 10.9 Å². The van der Waals surface area contributed by atoms with Gasteiger partial charge in [0.1, 0.15) is 6.54 Å². The Morgan fingerprint density at radius 1 is 1.56 bits per heavy atom. The third-order valence-corrected chi connectivity index (χ3v) is 3.79. The minimum Gasteiger partial charge on any atom is -0.338 e. The van der Waals surface area contributed by atoms with Crippen molar-refractivity contribution in [2.75, 3.05) is 6.54 Å². The lowest BCUT2D eigenvalue weighted by atomic mass is 9.92. The van der Waals surface area contributed by atoms with Crippen molar-refractivity contribution >= 4 is 5.91 Å². The van der Waals surface area contributed by atoms with Crippen molar-refractivity contribution in [3.05, 3.63) is 11.9 Å². The van der Waals surface area contributed by atoms with Crippen molar-refractivity contribution in [3.63, 3.8) is 0 Å². The van der Waals surface area contributed by atoms with Crippen LogP contribution in [0.2, 0.25) is 0 Å². The van der Waals surface area contributed by atoms with E-state index in [0.717, 1.165) is 13.0 Å². The summed E-state index contributed by atoms with van der Waals surface area (Å²) in [4.78, 5) is 14.2. The summed E-state index contributed by atoms with van der Waals surface area (Å²) in [5, 5.41) is 7.79. The molecule has 1 fully saturated rings. The molecule has 0 aromatic carbocycles. The fourth-order valence-electron chi connectivity index (χ4n) is 2.43. The van der Waals surface area contributed by atoms with Gasteiger partial charge in [-0.15, -0.1) is 5.10 Å². The molecule has 1 aliphatic rings. The molecule has 1 saturated heterocycles. The predicted octanol–water partition coefficient (Wildman–Crippen LogP) is 0.384. The van der Waals surface area contributed by atoms with E-state index in [-0.39, 0.29) is 12.5 Å². The molecule has 100 valence electrons. The molecule has 6 nitrogen and oxygen atoms in total. The normalized spacial score (nSPS) is 24.3. The topological polar surface area (TPSA) is 77.0 Å². The molecule has 1 aromatic rings. The number of carbonyl (C=O) groups excluding carboxylic acids is 1. The summed E-state index contributed by atoms with van der Waals surface area (Å²) in [5.74, 6) is 0.681. The maximum absolute atomic E-state index is 12.2. The first-order valence-corrected chi connectivity index (χ1v) is 6.50. The molecular weight excluding hydrogens is 230 g/mol. The lowest BCUT2D eigenvalue weighted by Crippen LogP contribution is -2.47. The van der Waals surface area contributed by atoms with E-state index >= 15 is 0 Å². The number of hydrogen-bond acceptors (Lipinski definition) is 4. The van der Waals surface area contributed by atoms with Crippen LogP contribution in [0.4, 0.5) is 0 Å².